The van der Waals surface area contributed by atoms with Crippen LogP contribution in [0.5, 0.6) is 0 Å². The van der Waals surface area contributed by atoms with Gasteiger partial charge in [0.05, 0.1) is 12.8 Å². The number of nitrogens with zero attached hydrogens (tertiary/aromatic N) is 2. The van der Waals surface area contributed by atoms with Crippen LogP contribution in [0.15, 0.2) is 17.3 Å². The minimum atomic E-state index is -3.51. The molecule has 1 rings (SSSR count). The van der Waals surface area contributed by atoms with Gasteiger partial charge in [-0.2, -0.15) is 5.10 Å². The Morgan fingerprint density at radius 1 is 1.43 bits per heavy atom. The van der Waals surface area contributed by atoms with E-state index < -0.39 is 10.0 Å². The van der Waals surface area contributed by atoms with Gasteiger partial charge < -0.3 is 10.5 Å². The number of rotatable bonds is 11. The molecule has 0 aliphatic rings. The van der Waals surface area contributed by atoms with Crippen molar-refractivity contribution in [1.29, 1.82) is 0 Å². The van der Waals surface area contributed by atoms with E-state index in [2.05, 4.69) is 23.7 Å². The maximum atomic E-state index is 12.0. The Hall–Kier alpha value is -0.960. The molecule has 0 saturated carbocycles. The SMILES string of the molecule is CC(C)CCOCCNS(=O)(=O)c1cnn(CCCN)c1. The summed E-state index contributed by atoms with van der Waals surface area (Å²) in [4.78, 5) is 0.168. The molecule has 0 spiro atoms. The van der Waals surface area contributed by atoms with E-state index in [4.69, 9.17) is 10.5 Å². The van der Waals surface area contributed by atoms with E-state index in [-0.39, 0.29) is 11.4 Å². The topological polar surface area (TPSA) is 99.2 Å². The highest BCUT2D eigenvalue weighted by molar-refractivity contribution is 7.89. The number of aryl methyl sites for hydroxylation is 1. The molecule has 0 bridgehead atoms. The minimum absolute atomic E-state index is 0.168. The third kappa shape index (κ3) is 7.03. The van der Waals surface area contributed by atoms with Gasteiger partial charge in [-0.3, -0.25) is 4.68 Å². The van der Waals surface area contributed by atoms with Crippen LogP contribution in [-0.4, -0.2) is 44.5 Å². The summed E-state index contributed by atoms with van der Waals surface area (Å²) in [5.74, 6) is 0.584. The lowest BCUT2D eigenvalue weighted by Crippen LogP contribution is -2.27. The Morgan fingerprint density at radius 3 is 2.86 bits per heavy atom. The smallest absolute Gasteiger partial charge is 0.243 e. The van der Waals surface area contributed by atoms with E-state index in [9.17, 15) is 8.42 Å². The summed E-state index contributed by atoms with van der Waals surface area (Å²) in [5, 5.41) is 4.01. The van der Waals surface area contributed by atoms with Gasteiger partial charge >= 0.3 is 0 Å². The number of nitrogens with one attached hydrogen (secondary N) is 1. The first-order valence-corrected chi connectivity index (χ1v) is 8.74. The zero-order valence-electron chi connectivity index (χ0n) is 12.8. The predicted molar refractivity (Wildman–Crippen MR) is 81.4 cm³/mol. The van der Waals surface area contributed by atoms with E-state index in [1.807, 2.05) is 0 Å². The molecule has 7 nitrogen and oxygen atoms in total. The predicted octanol–water partition coefficient (Wildman–Crippen LogP) is 0.573. The average Bonchev–Trinajstić information content (AvgIpc) is 2.89. The standard InChI is InChI=1S/C13H26N4O3S/c1-12(2)4-8-20-9-6-16-21(18,19)13-10-15-17(11-13)7-3-5-14/h10-12,16H,3-9,14H2,1-2H3. The lowest BCUT2D eigenvalue weighted by molar-refractivity contribution is 0.128. The van der Waals surface area contributed by atoms with Gasteiger partial charge in [0.15, 0.2) is 0 Å². The number of hydrogen-bond acceptors (Lipinski definition) is 5. The molecule has 0 fully saturated rings. The maximum absolute atomic E-state index is 12.0. The molecule has 1 aromatic heterocycles. The molecule has 0 amide bonds. The van der Waals surface area contributed by atoms with Gasteiger partial charge in [0.25, 0.3) is 0 Å². The molecule has 1 heterocycles. The lowest BCUT2D eigenvalue weighted by atomic mass is 10.1. The average molecular weight is 318 g/mol. The fraction of sp³-hybridized carbons (Fsp3) is 0.769. The molecule has 0 aromatic carbocycles. The largest absolute Gasteiger partial charge is 0.380 e. The van der Waals surface area contributed by atoms with Crippen LogP contribution >= 0.6 is 0 Å². The van der Waals surface area contributed by atoms with Crippen LogP contribution in [0.3, 0.4) is 0 Å². The molecular weight excluding hydrogens is 292 g/mol. The summed E-state index contributed by atoms with van der Waals surface area (Å²) in [5.41, 5.74) is 5.41. The van der Waals surface area contributed by atoms with Crippen molar-refractivity contribution in [2.45, 2.75) is 38.1 Å². The highest BCUT2D eigenvalue weighted by Gasteiger charge is 2.15. The van der Waals surface area contributed by atoms with Crippen molar-refractivity contribution in [3.8, 4) is 0 Å². The Balaban J connectivity index is 2.34. The van der Waals surface area contributed by atoms with Crippen molar-refractivity contribution in [1.82, 2.24) is 14.5 Å². The van der Waals surface area contributed by atoms with Gasteiger partial charge in [0, 0.05) is 25.9 Å². The fourth-order valence-corrected chi connectivity index (χ4v) is 2.58. The van der Waals surface area contributed by atoms with E-state index in [0.29, 0.717) is 32.2 Å². The zero-order chi connectivity index (χ0) is 15.7. The molecule has 0 saturated heterocycles. The van der Waals surface area contributed by atoms with Crippen molar-refractivity contribution >= 4 is 10.0 Å². The fourth-order valence-electron chi connectivity index (χ4n) is 1.61. The van der Waals surface area contributed by atoms with Crippen LogP contribution in [0.2, 0.25) is 0 Å². The second-order valence-electron chi connectivity index (χ2n) is 5.27. The molecule has 0 radical (unpaired) electrons. The van der Waals surface area contributed by atoms with Crippen molar-refractivity contribution in [3.63, 3.8) is 0 Å². The summed E-state index contributed by atoms with van der Waals surface area (Å²) in [6.45, 7) is 6.68. The highest BCUT2D eigenvalue weighted by Crippen LogP contribution is 2.07. The van der Waals surface area contributed by atoms with Crippen LogP contribution in [0.25, 0.3) is 0 Å². The van der Waals surface area contributed by atoms with Gasteiger partial charge in [-0.05, 0) is 25.3 Å². The van der Waals surface area contributed by atoms with E-state index >= 15 is 0 Å². The molecule has 1 aromatic rings. The van der Waals surface area contributed by atoms with Crippen LogP contribution in [0.1, 0.15) is 26.7 Å². The molecular formula is C13H26N4O3S. The van der Waals surface area contributed by atoms with Gasteiger partial charge in [-0.15, -0.1) is 0 Å². The summed E-state index contributed by atoms with van der Waals surface area (Å²) in [6.07, 6.45) is 4.59. The first kappa shape index (κ1) is 18.1. The number of aromatic nitrogens is 2. The van der Waals surface area contributed by atoms with Gasteiger partial charge in [-0.25, -0.2) is 13.1 Å². The summed E-state index contributed by atoms with van der Waals surface area (Å²) in [7, 11) is -3.51. The first-order valence-electron chi connectivity index (χ1n) is 7.25. The van der Waals surface area contributed by atoms with E-state index in [1.54, 1.807) is 4.68 Å². The van der Waals surface area contributed by atoms with Crippen molar-refractivity contribution in [2.75, 3.05) is 26.3 Å². The third-order valence-electron chi connectivity index (χ3n) is 2.89. The molecule has 0 unspecified atom stereocenters. The van der Waals surface area contributed by atoms with E-state index in [0.717, 1.165) is 12.8 Å². The summed E-state index contributed by atoms with van der Waals surface area (Å²) >= 11 is 0. The summed E-state index contributed by atoms with van der Waals surface area (Å²) in [6, 6.07) is 0. The Morgan fingerprint density at radius 2 is 2.19 bits per heavy atom. The van der Waals surface area contributed by atoms with Crippen LogP contribution in [-0.2, 0) is 21.3 Å². The number of nitrogens with two attached hydrogens (primary N) is 1. The third-order valence-corrected chi connectivity index (χ3v) is 4.30. The Bertz CT molecular complexity index is 499. The van der Waals surface area contributed by atoms with Gasteiger partial charge in [0.1, 0.15) is 4.90 Å². The van der Waals surface area contributed by atoms with Gasteiger partial charge in [-0.1, -0.05) is 13.8 Å². The van der Waals surface area contributed by atoms with Crippen LogP contribution in [0.4, 0.5) is 0 Å². The quantitative estimate of drug-likeness (QED) is 0.581. The molecule has 122 valence electrons. The van der Waals surface area contributed by atoms with Crippen molar-refractivity contribution < 1.29 is 13.2 Å². The second-order valence-corrected chi connectivity index (χ2v) is 7.04. The maximum Gasteiger partial charge on any atom is 0.243 e. The minimum Gasteiger partial charge on any atom is -0.380 e. The molecule has 21 heavy (non-hydrogen) atoms. The van der Waals surface area contributed by atoms with Crippen molar-refractivity contribution in [3.05, 3.63) is 12.4 Å². The lowest BCUT2D eigenvalue weighted by Gasteiger charge is -2.07. The molecule has 3 N–H and O–H groups in total. The van der Waals surface area contributed by atoms with E-state index in [1.165, 1.54) is 12.4 Å². The molecule has 8 heteroatoms. The highest BCUT2D eigenvalue weighted by atomic mass is 32.2. The van der Waals surface area contributed by atoms with Gasteiger partial charge in [0.2, 0.25) is 10.0 Å². The zero-order valence-corrected chi connectivity index (χ0v) is 13.6. The van der Waals surface area contributed by atoms with Crippen LogP contribution in [0, 0.1) is 5.92 Å². The summed E-state index contributed by atoms with van der Waals surface area (Å²) < 4.78 is 33.5. The van der Waals surface area contributed by atoms with Crippen LogP contribution < -0.4 is 10.5 Å². The monoisotopic (exact) mass is 318 g/mol. The number of hydrogen-bond donors (Lipinski definition) is 2. The van der Waals surface area contributed by atoms with Crippen molar-refractivity contribution in [2.24, 2.45) is 11.7 Å². The number of sulfonamides is 1. The number of ether oxygens (including phenoxy) is 1. The normalized spacial score (nSPS) is 12.2. The molecule has 0 aliphatic heterocycles. The Labute approximate surface area is 126 Å². The molecule has 0 atom stereocenters. The second kappa shape index (κ2) is 9.14. The first-order chi connectivity index (χ1) is 9.95. The Kier molecular flexibility index (Phi) is 7.87. The molecule has 0 aliphatic carbocycles.